The van der Waals surface area contributed by atoms with Gasteiger partial charge in [0.15, 0.2) is 5.66 Å². The molecular formula is C15H12N2O2. The van der Waals surface area contributed by atoms with Crippen molar-refractivity contribution in [2.45, 2.75) is 19.0 Å². The number of hydrogen-bond acceptors (Lipinski definition) is 4. The van der Waals surface area contributed by atoms with Gasteiger partial charge in [0, 0.05) is 6.42 Å². The fourth-order valence-corrected chi connectivity index (χ4v) is 2.06. The number of carbonyl (C=O) groups excluding carboxylic acids is 2. The van der Waals surface area contributed by atoms with Crippen LogP contribution in [0.3, 0.4) is 0 Å². The summed E-state index contributed by atoms with van der Waals surface area (Å²) in [5.74, 6) is 0. The van der Waals surface area contributed by atoms with Crippen LogP contribution in [0.5, 0.6) is 0 Å². The molecule has 4 heteroatoms. The third kappa shape index (κ3) is 2.66. The van der Waals surface area contributed by atoms with E-state index in [1.807, 2.05) is 43.3 Å². The van der Waals surface area contributed by atoms with Gasteiger partial charge in [-0.25, -0.2) is 9.59 Å². The molecule has 1 aliphatic carbocycles. The van der Waals surface area contributed by atoms with Crippen molar-refractivity contribution in [1.82, 2.24) is 0 Å². The lowest BCUT2D eigenvalue weighted by molar-refractivity contribution is 0.514. The van der Waals surface area contributed by atoms with Gasteiger partial charge in [-0.2, -0.15) is 9.98 Å². The zero-order valence-electron chi connectivity index (χ0n) is 10.5. The molecule has 0 N–H and O–H groups in total. The molecule has 94 valence electrons. The summed E-state index contributed by atoms with van der Waals surface area (Å²) in [6.45, 7) is 2.03. The highest BCUT2D eigenvalue weighted by molar-refractivity contribution is 5.77. The van der Waals surface area contributed by atoms with Crippen molar-refractivity contribution in [2.24, 2.45) is 9.98 Å². The van der Waals surface area contributed by atoms with Crippen LogP contribution in [0, 0.1) is 6.92 Å². The molecule has 0 fully saturated rings. The van der Waals surface area contributed by atoms with Crippen LogP contribution in [0.25, 0.3) is 5.57 Å². The largest absolute Gasteiger partial charge is 0.237 e. The predicted octanol–water partition coefficient (Wildman–Crippen LogP) is 2.71. The zero-order chi connectivity index (χ0) is 13.7. The van der Waals surface area contributed by atoms with E-state index in [-0.39, 0.29) is 0 Å². The summed E-state index contributed by atoms with van der Waals surface area (Å²) in [6, 6.07) is 7.99. The Morgan fingerprint density at radius 1 is 1.16 bits per heavy atom. The number of rotatable bonds is 3. The lowest BCUT2D eigenvalue weighted by Crippen LogP contribution is -2.21. The number of nitrogens with zero attached hydrogens (tertiary/aromatic N) is 2. The minimum absolute atomic E-state index is 0.345. The van der Waals surface area contributed by atoms with Gasteiger partial charge in [0.25, 0.3) is 0 Å². The van der Waals surface area contributed by atoms with Gasteiger partial charge in [-0.15, -0.1) is 0 Å². The number of aryl methyl sites for hydroxylation is 1. The van der Waals surface area contributed by atoms with Crippen molar-refractivity contribution in [3.63, 3.8) is 0 Å². The topological polar surface area (TPSA) is 58.9 Å². The van der Waals surface area contributed by atoms with E-state index in [0.29, 0.717) is 6.42 Å². The molecule has 1 aromatic carbocycles. The molecule has 0 saturated carbocycles. The van der Waals surface area contributed by atoms with Gasteiger partial charge in [0.05, 0.1) is 0 Å². The zero-order valence-corrected chi connectivity index (χ0v) is 10.5. The van der Waals surface area contributed by atoms with Gasteiger partial charge in [0.2, 0.25) is 12.2 Å². The summed E-state index contributed by atoms with van der Waals surface area (Å²) in [6.07, 6.45) is 8.60. The molecule has 0 bridgehead atoms. The highest BCUT2D eigenvalue weighted by Crippen LogP contribution is 2.31. The second kappa shape index (κ2) is 5.40. The standard InChI is InChI=1S/C15H12N2O2/c1-12-4-2-3-5-14(12)13-6-8-15(9-7-13,16-10-18)17-11-19/h2-8H,9H2,1H3. The highest BCUT2D eigenvalue weighted by Gasteiger charge is 2.27. The van der Waals surface area contributed by atoms with Gasteiger partial charge in [0.1, 0.15) is 0 Å². The molecule has 0 aliphatic heterocycles. The Balaban J connectivity index is 2.36. The monoisotopic (exact) mass is 252 g/mol. The first-order chi connectivity index (χ1) is 9.21. The molecule has 0 saturated heterocycles. The van der Waals surface area contributed by atoms with Gasteiger partial charge >= 0.3 is 0 Å². The van der Waals surface area contributed by atoms with E-state index >= 15 is 0 Å². The summed E-state index contributed by atoms with van der Waals surface area (Å²) in [5.41, 5.74) is 2.12. The van der Waals surface area contributed by atoms with Gasteiger partial charge in [-0.3, -0.25) is 0 Å². The second-order valence-corrected chi connectivity index (χ2v) is 4.30. The van der Waals surface area contributed by atoms with E-state index < -0.39 is 5.66 Å². The maximum atomic E-state index is 10.4. The van der Waals surface area contributed by atoms with Gasteiger partial charge in [-0.1, -0.05) is 36.4 Å². The second-order valence-electron chi connectivity index (χ2n) is 4.30. The van der Waals surface area contributed by atoms with E-state index in [9.17, 15) is 9.59 Å². The van der Waals surface area contributed by atoms with Crippen LogP contribution in [0.15, 0.2) is 52.5 Å². The van der Waals surface area contributed by atoms with Gasteiger partial charge < -0.3 is 0 Å². The average molecular weight is 252 g/mol. The lowest BCUT2D eigenvalue weighted by atomic mass is 9.91. The molecule has 1 aromatic rings. The number of isocyanates is 2. The van der Waals surface area contributed by atoms with Crippen LogP contribution in [0.4, 0.5) is 0 Å². The minimum atomic E-state index is -1.17. The molecule has 4 nitrogen and oxygen atoms in total. The molecule has 19 heavy (non-hydrogen) atoms. The lowest BCUT2D eigenvalue weighted by Gasteiger charge is -2.21. The van der Waals surface area contributed by atoms with Crippen LogP contribution in [0.1, 0.15) is 17.5 Å². The summed E-state index contributed by atoms with van der Waals surface area (Å²) < 4.78 is 0. The Kier molecular flexibility index (Phi) is 3.67. The van der Waals surface area contributed by atoms with Crippen LogP contribution in [-0.2, 0) is 9.59 Å². The predicted molar refractivity (Wildman–Crippen MR) is 71.9 cm³/mol. The molecule has 0 unspecified atom stereocenters. The normalized spacial score (nSPS) is 21.0. The maximum Gasteiger partial charge on any atom is 0.237 e. The first-order valence-corrected chi connectivity index (χ1v) is 5.84. The van der Waals surface area contributed by atoms with E-state index in [1.54, 1.807) is 6.08 Å². The van der Waals surface area contributed by atoms with Crippen LogP contribution < -0.4 is 0 Å². The van der Waals surface area contributed by atoms with Crippen molar-refractivity contribution in [2.75, 3.05) is 0 Å². The van der Waals surface area contributed by atoms with E-state index in [4.69, 9.17) is 0 Å². The van der Waals surface area contributed by atoms with Crippen LogP contribution in [-0.4, -0.2) is 17.8 Å². The molecule has 0 atom stereocenters. The number of hydrogen-bond donors (Lipinski definition) is 0. The average Bonchev–Trinajstić information content (AvgIpc) is 2.41. The summed E-state index contributed by atoms with van der Waals surface area (Å²) in [7, 11) is 0. The molecule has 1 aliphatic rings. The summed E-state index contributed by atoms with van der Waals surface area (Å²) in [4.78, 5) is 28.0. The van der Waals surface area contributed by atoms with Crippen LogP contribution in [0.2, 0.25) is 0 Å². The van der Waals surface area contributed by atoms with Crippen molar-refractivity contribution in [3.05, 3.63) is 53.6 Å². The fraction of sp³-hybridized carbons (Fsp3) is 0.200. The molecular weight excluding hydrogens is 240 g/mol. The maximum absolute atomic E-state index is 10.4. The molecule has 0 spiro atoms. The Bertz CT molecular complexity index is 628. The molecule has 0 heterocycles. The Labute approximate surface area is 110 Å². The smallest absolute Gasteiger partial charge is 0.211 e. The summed E-state index contributed by atoms with van der Waals surface area (Å²) in [5, 5.41) is 0. The quantitative estimate of drug-likeness (QED) is 0.613. The number of aliphatic imine (C=N–C) groups is 2. The Morgan fingerprint density at radius 2 is 1.84 bits per heavy atom. The van der Waals surface area contributed by atoms with Crippen molar-refractivity contribution in [3.8, 4) is 0 Å². The summed E-state index contributed by atoms with van der Waals surface area (Å²) >= 11 is 0. The number of allylic oxidation sites excluding steroid dienone is 2. The Morgan fingerprint density at radius 3 is 2.37 bits per heavy atom. The fourth-order valence-electron chi connectivity index (χ4n) is 2.06. The molecule has 2 rings (SSSR count). The molecule has 0 amide bonds. The van der Waals surface area contributed by atoms with Crippen molar-refractivity contribution < 1.29 is 9.59 Å². The van der Waals surface area contributed by atoms with E-state index in [0.717, 1.165) is 16.7 Å². The SMILES string of the molecule is Cc1ccccc1C1=CCC(N=C=O)(N=C=O)C=C1. The van der Waals surface area contributed by atoms with Crippen molar-refractivity contribution in [1.29, 1.82) is 0 Å². The first-order valence-electron chi connectivity index (χ1n) is 5.84. The van der Waals surface area contributed by atoms with E-state index in [1.165, 1.54) is 12.2 Å². The Hall–Kier alpha value is -2.54. The van der Waals surface area contributed by atoms with Gasteiger partial charge in [-0.05, 0) is 29.7 Å². The third-order valence-electron chi connectivity index (χ3n) is 3.09. The third-order valence-corrected chi connectivity index (χ3v) is 3.09. The van der Waals surface area contributed by atoms with Crippen LogP contribution >= 0.6 is 0 Å². The van der Waals surface area contributed by atoms with E-state index in [2.05, 4.69) is 9.98 Å². The minimum Gasteiger partial charge on any atom is -0.211 e. The molecule has 0 aromatic heterocycles. The first kappa shape index (κ1) is 12.9. The highest BCUT2D eigenvalue weighted by atomic mass is 16.1. The number of benzene rings is 1. The molecule has 0 radical (unpaired) electrons. The van der Waals surface area contributed by atoms with Crippen molar-refractivity contribution >= 4 is 17.7 Å².